The molecule has 28 heavy (non-hydrogen) atoms. The number of carbonyl (C=O) groups excluding carboxylic acids is 1. The van der Waals surface area contributed by atoms with Crippen LogP contribution in [0.3, 0.4) is 0 Å². The lowest BCUT2D eigenvalue weighted by atomic mass is 10.0. The van der Waals surface area contributed by atoms with Gasteiger partial charge in [-0.2, -0.15) is 0 Å². The summed E-state index contributed by atoms with van der Waals surface area (Å²) in [6.07, 6.45) is 0. The Balaban J connectivity index is 1.69. The molecule has 1 N–H and O–H groups in total. The van der Waals surface area contributed by atoms with Gasteiger partial charge in [-0.15, -0.1) is 11.3 Å². The molecule has 1 aliphatic heterocycles. The number of ether oxygens (including phenoxy) is 1. The molecule has 6 heteroatoms. The Labute approximate surface area is 172 Å². The van der Waals surface area contributed by atoms with E-state index in [1.165, 1.54) is 4.88 Å². The van der Waals surface area contributed by atoms with Gasteiger partial charge < -0.3 is 15.0 Å². The zero-order chi connectivity index (χ0) is 19.9. The maximum atomic E-state index is 12.8. The van der Waals surface area contributed by atoms with Gasteiger partial charge in [0.15, 0.2) is 0 Å². The number of thiophene rings is 1. The minimum atomic E-state index is -0.0377. The number of piperazine rings is 1. The fourth-order valence-corrected chi connectivity index (χ4v) is 4.76. The lowest BCUT2D eigenvalue weighted by molar-refractivity contribution is 0.0753. The predicted molar refractivity (Wildman–Crippen MR) is 115 cm³/mol. The standard InChI is InChI=1S/C22H31N3O2S/c1-4-24-12-14-25(15-13-24)21(20-7-6-16-28-20)17(3)23-22(26)18-8-10-19(11-9-18)27-5-2/h6-11,16-17,21H,4-5,12-15H2,1-3H3,(H,23,26). The lowest BCUT2D eigenvalue weighted by Gasteiger charge is -2.41. The fourth-order valence-electron chi connectivity index (χ4n) is 3.80. The van der Waals surface area contributed by atoms with Crippen LogP contribution in [-0.4, -0.2) is 61.1 Å². The minimum Gasteiger partial charge on any atom is -0.494 e. The van der Waals surface area contributed by atoms with Crippen molar-refractivity contribution < 1.29 is 9.53 Å². The Morgan fingerprint density at radius 3 is 2.43 bits per heavy atom. The molecule has 5 nitrogen and oxygen atoms in total. The third kappa shape index (κ3) is 5.13. The van der Waals surface area contributed by atoms with Gasteiger partial charge in [-0.1, -0.05) is 13.0 Å². The number of hydrogen-bond donors (Lipinski definition) is 1. The quantitative estimate of drug-likeness (QED) is 0.733. The zero-order valence-electron chi connectivity index (χ0n) is 17.1. The summed E-state index contributed by atoms with van der Waals surface area (Å²) in [6.45, 7) is 12.2. The van der Waals surface area contributed by atoms with Crippen LogP contribution in [0.5, 0.6) is 5.75 Å². The van der Waals surface area contributed by atoms with Gasteiger partial charge in [0, 0.05) is 42.7 Å². The summed E-state index contributed by atoms with van der Waals surface area (Å²) < 4.78 is 5.47. The van der Waals surface area contributed by atoms with Crippen LogP contribution in [0.15, 0.2) is 41.8 Å². The van der Waals surface area contributed by atoms with Gasteiger partial charge in [0.2, 0.25) is 0 Å². The first-order valence-electron chi connectivity index (χ1n) is 10.2. The Bertz CT molecular complexity index is 725. The van der Waals surface area contributed by atoms with E-state index in [9.17, 15) is 4.79 Å². The van der Waals surface area contributed by atoms with Gasteiger partial charge in [0.05, 0.1) is 12.6 Å². The number of nitrogens with one attached hydrogen (secondary N) is 1. The third-order valence-electron chi connectivity index (χ3n) is 5.34. The molecule has 1 aliphatic rings. The maximum Gasteiger partial charge on any atom is 0.251 e. The molecule has 1 saturated heterocycles. The number of amides is 1. The van der Waals surface area contributed by atoms with E-state index in [-0.39, 0.29) is 18.0 Å². The van der Waals surface area contributed by atoms with E-state index >= 15 is 0 Å². The first-order valence-corrected chi connectivity index (χ1v) is 11.0. The Kier molecular flexibility index (Phi) is 7.48. The van der Waals surface area contributed by atoms with Crippen molar-refractivity contribution in [2.24, 2.45) is 0 Å². The molecule has 2 atom stereocenters. The summed E-state index contributed by atoms with van der Waals surface area (Å²) in [6, 6.07) is 11.8. The number of rotatable bonds is 8. The zero-order valence-corrected chi connectivity index (χ0v) is 17.9. The highest BCUT2D eigenvalue weighted by molar-refractivity contribution is 7.10. The van der Waals surface area contributed by atoms with Crippen molar-refractivity contribution in [1.29, 1.82) is 0 Å². The number of benzene rings is 1. The molecule has 2 heterocycles. The average Bonchev–Trinajstić information content (AvgIpc) is 3.23. The molecular weight excluding hydrogens is 370 g/mol. The van der Waals surface area contributed by atoms with E-state index in [0.29, 0.717) is 12.2 Å². The second kappa shape index (κ2) is 10.0. The third-order valence-corrected chi connectivity index (χ3v) is 6.29. The van der Waals surface area contributed by atoms with E-state index < -0.39 is 0 Å². The van der Waals surface area contributed by atoms with Crippen molar-refractivity contribution in [1.82, 2.24) is 15.1 Å². The van der Waals surface area contributed by atoms with Crippen molar-refractivity contribution in [2.45, 2.75) is 32.9 Å². The first kappa shape index (κ1) is 20.8. The smallest absolute Gasteiger partial charge is 0.251 e. The van der Waals surface area contributed by atoms with Crippen LogP contribution >= 0.6 is 11.3 Å². The van der Waals surface area contributed by atoms with Gasteiger partial charge in [0.25, 0.3) is 5.91 Å². The van der Waals surface area contributed by atoms with Crippen LogP contribution in [0.25, 0.3) is 0 Å². The molecule has 0 radical (unpaired) electrons. The second-order valence-corrected chi connectivity index (χ2v) is 8.13. The van der Waals surface area contributed by atoms with Crippen LogP contribution in [0.4, 0.5) is 0 Å². The highest BCUT2D eigenvalue weighted by Crippen LogP contribution is 2.29. The van der Waals surface area contributed by atoms with E-state index in [1.807, 2.05) is 31.2 Å². The number of nitrogens with zero attached hydrogens (tertiary/aromatic N) is 2. The average molecular weight is 402 g/mol. The maximum absolute atomic E-state index is 12.8. The molecule has 1 amide bonds. The summed E-state index contributed by atoms with van der Waals surface area (Å²) in [5.74, 6) is 0.752. The molecule has 0 spiro atoms. The second-order valence-electron chi connectivity index (χ2n) is 7.15. The molecular formula is C22H31N3O2S. The van der Waals surface area contributed by atoms with E-state index in [2.05, 4.69) is 46.5 Å². The SMILES string of the molecule is CCOc1ccc(C(=O)NC(C)C(c2cccs2)N2CCN(CC)CC2)cc1. The number of hydrogen-bond acceptors (Lipinski definition) is 5. The molecule has 1 aromatic carbocycles. The highest BCUT2D eigenvalue weighted by Gasteiger charge is 2.30. The normalized spacial score (nSPS) is 17.8. The van der Waals surface area contributed by atoms with Crippen molar-refractivity contribution in [3.8, 4) is 5.75 Å². The highest BCUT2D eigenvalue weighted by atomic mass is 32.1. The fraction of sp³-hybridized carbons (Fsp3) is 0.500. The molecule has 3 rings (SSSR count). The number of likely N-dealkylation sites (N-methyl/N-ethyl adjacent to an activating group) is 1. The van der Waals surface area contributed by atoms with Gasteiger partial charge in [0.1, 0.15) is 5.75 Å². The largest absolute Gasteiger partial charge is 0.494 e. The monoisotopic (exact) mass is 401 g/mol. The summed E-state index contributed by atoms with van der Waals surface area (Å²) in [7, 11) is 0. The summed E-state index contributed by atoms with van der Waals surface area (Å²) in [4.78, 5) is 19.1. The van der Waals surface area contributed by atoms with Crippen LogP contribution in [0.1, 0.15) is 42.0 Å². The summed E-state index contributed by atoms with van der Waals surface area (Å²) in [5.41, 5.74) is 0.663. The van der Waals surface area contributed by atoms with Gasteiger partial charge >= 0.3 is 0 Å². The van der Waals surface area contributed by atoms with Crippen molar-refractivity contribution in [3.63, 3.8) is 0 Å². The summed E-state index contributed by atoms with van der Waals surface area (Å²) in [5, 5.41) is 5.35. The minimum absolute atomic E-state index is 0.0193. The van der Waals surface area contributed by atoms with Crippen LogP contribution in [0, 0.1) is 0 Å². The van der Waals surface area contributed by atoms with E-state index in [1.54, 1.807) is 11.3 Å². The first-order chi connectivity index (χ1) is 13.6. The molecule has 2 aromatic rings. The van der Waals surface area contributed by atoms with E-state index in [4.69, 9.17) is 4.74 Å². The number of carbonyl (C=O) groups is 1. The Morgan fingerprint density at radius 1 is 1.14 bits per heavy atom. The molecule has 1 aromatic heterocycles. The van der Waals surface area contributed by atoms with Crippen LogP contribution in [-0.2, 0) is 0 Å². The molecule has 152 valence electrons. The molecule has 0 bridgehead atoms. The van der Waals surface area contributed by atoms with Gasteiger partial charge in [-0.05, 0) is 56.1 Å². The van der Waals surface area contributed by atoms with Crippen LogP contribution < -0.4 is 10.1 Å². The molecule has 0 aliphatic carbocycles. The Morgan fingerprint density at radius 2 is 1.86 bits per heavy atom. The molecule has 1 fully saturated rings. The molecule has 2 unspecified atom stereocenters. The lowest BCUT2D eigenvalue weighted by Crippen LogP contribution is -2.52. The van der Waals surface area contributed by atoms with Crippen LogP contribution in [0.2, 0.25) is 0 Å². The topological polar surface area (TPSA) is 44.8 Å². The van der Waals surface area contributed by atoms with Crippen molar-refractivity contribution >= 4 is 17.2 Å². The molecule has 0 saturated carbocycles. The van der Waals surface area contributed by atoms with Crippen molar-refractivity contribution in [2.75, 3.05) is 39.3 Å². The van der Waals surface area contributed by atoms with Gasteiger partial charge in [-0.3, -0.25) is 9.69 Å². The predicted octanol–water partition coefficient (Wildman–Crippen LogP) is 3.64. The van der Waals surface area contributed by atoms with Crippen molar-refractivity contribution in [3.05, 3.63) is 52.2 Å². The van der Waals surface area contributed by atoms with E-state index in [0.717, 1.165) is 38.5 Å². The Hall–Kier alpha value is -1.89. The summed E-state index contributed by atoms with van der Waals surface area (Å²) >= 11 is 1.77. The van der Waals surface area contributed by atoms with Gasteiger partial charge in [-0.25, -0.2) is 0 Å².